The minimum absolute atomic E-state index is 0.329. The number of rotatable bonds is 7. The van der Waals surface area contributed by atoms with Crippen molar-refractivity contribution in [3.8, 4) is 0 Å². The van der Waals surface area contributed by atoms with Gasteiger partial charge in [-0.05, 0) is 45.4 Å². The van der Waals surface area contributed by atoms with E-state index in [1.165, 1.54) is 22.2 Å². The predicted octanol–water partition coefficient (Wildman–Crippen LogP) is 3.39. The first-order chi connectivity index (χ1) is 9.61. The maximum absolute atomic E-state index is 5.54. The van der Waals surface area contributed by atoms with Crippen LogP contribution in [0.15, 0.2) is 24.3 Å². The monoisotopic (exact) mass is 274 g/mol. The zero-order valence-corrected chi connectivity index (χ0v) is 13.1. The van der Waals surface area contributed by atoms with Gasteiger partial charge >= 0.3 is 0 Å². The third-order valence-corrected chi connectivity index (χ3v) is 3.75. The number of para-hydroxylation sites is 1. The van der Waals surface area contributed by atoms with Crippen LogP contribution in [0.2, 0.25) is 0 Å². The molecule has 3 nitrogen and oxygen atoms in total. The highest BCUT2D eigenvalue weighted by Crippen LogP contribution is 2.24. The summed E-state index contributed by atoms with van der Waals surface area (Å²) in [7, 11) is 2.15. The molecule has 0 spiro atoms. The third-order valence-electron chi connectivity index (χ3n) is 3.75. The molecule has 0 unspecified atom stereocenters. The van der Waals surface area contributed by atoms with Crippen molar-refractivity contribution in [3.63, 3.8) is 0 Å². The van der Waals surface area contributed by atoms with E-state index in [4.69, 9.17) is 4.74 Å². The molecule has 3 heteroatoms. The lowest BCUT2D eigenvalue weighted by molar-refractivity contribution is 0.0770. The first-order valence-electron chi connectivity index (χ1n) is 7.46. The lowest BCUT2D eigenvalue weighted by atomic mass is 10.1. The fourth-order valence-electron chi connectivity index (χ4n) is 2.61. The Hall–Kier alpha value is -1.32. The topological polar surface area (TPSA) is 26.2 Å². The van der Waals surface area contributed by atoms with Crippen molar-refractivity contribution in [1.82, 2.24) is 9.88 Å². The molecule has 1 aromatic carbocycles. The van der Waals surface area contributed by atoms with E-state index in [-0.39, 0.29) is 0 Å². The Morgan fingerprint density at radius 2 is 2.00 bits per heavy atom. The van der Waals surface area contributed by atoms with Crippen LogP contribution in [0.4, 0.5) is 0 Å². The average Bonchev–Trinajstić information content (AvgIpc) is 2.67. The van der Waals surface area contributed by atoms with Gasteiger partial charge in [0, 0.05) is 36.8 Å². The van der Waals surface area contributed by atoms with Crippen LogP contribution >= 0.6 is 0 Å². The molecule has 0 radical (unpaired) electrons. The molecule has 0 fully saturated rings. The van der Waals surface area contributed by atoms with Gasteiger partial charge in [-0.15, -0.1) is 0 Å². The highest BCUT2D eigenvalue weighted by Gasteiger charge is 2.10. The summed E-state index contributed by atoms with van der Waals surface area (Å²) >= 11 is 0. The molecule has 0 aliphatic heterocycles. The zero-order chi connectivity index (χ0) is 14.5. The maximum atomic E-state index is 5.54. The van der Waals surface area contributed by atoms with E-state index < -0.39 is 0 Å². The van der Waals surface area contributed by atoms with Gasteiger partial charge in [0.1, 0.15) is 0 Å². The van der Waals surface area contributed by atoms with Gasteiger partial charge in [0.25, 0.3) is 0 Å². The molecule has 0 amide bonds. The molecule has 0 aliphatic rings. The summed E-state index contributed by atoms with van der Waals surface area (Å²) in [6.07, 6.45) is 1.39. The summed E-state index contributed by atoms with van der Waals surface area (Å²) < 4.78 is 7.84. The second-order valence-electron chi connectivity index (χ2n) is 5.60. The van der Waals surface area contributed by atoms with Crippen LogP contribution in [0, 0.1) is 6.92 Å². The van der Waals surface area contributed by atoms with Crippen molar-refractivity contribution in [2.45, 2.75) is 39.8 Å². The summed E-state index contributed by atoms with van der Waals surface area (Å²) in [6.45, 7) is 9.10. The van der Waals surface area contributed by atoms with Crippen molar-refractivity contribution >= 4 is 10.9 Å². The van der Waals surface area contributed by atoms with E-state index in [2.05, 4.69) is 62.0 Å². The Kier molecular flexibility index (Phi) is 5.21. The van der Waals surface area contributed by atoms with E-state index in [0.29, 0.717) is 6.10 Å². The summed E-state index contributed by atoms with van der Waals surface area (Å²) in [5, 5.41) is 4.87. The van der Waals surface area contributed by atoms with Crippen LogP contribution < -0.4 is 5.32 Å². The number of nitrogens with zero attached hydrogens (tertiary/aromatic N) is 1. The molecule has 2 rings (SSSR count). The molecule has 0 atom stereocenters. The number of nitrogens with one attached hydrogen (secondary N) is 1. The first kappa shape index (κ1) is 15.1. The van der Waals surface area contributed by atoms with Gasteiger partial charge < -0.3 is 14.6 Å². The van der Waals surface area contributed by atoms with Gasteiger partial charge in [-0.25, -0.2) is 0 Å². The molecule has 0 bridgehead atoms. The highest BCUT2D eigenvalue weighted by atomic mass is 16.5. The molecular formula is C17H26N2O. The van der Waals surface area contributed by atoms with Gasteiger partial charge in [0.05, 0.1) is 6.10 Å². The quantitative estimate of drug-likeness (QED) is 0.783. The Balaban J connectivity index is 1.90. The molecule has 20 heavy (non-hydrogen) atoms. The second-order valence-corrected chi connectivity index (χ2v) is 5.60. The number of aromatic nitrogens is 1. The van der Waals surface area contributed by atoms with Crippen LogP contribution in [0.5, 0.6) is 0 Å². The number of benzene rings is 1. The van der Waals surface area contributed by atoms with E-state index >= 15 is 0 Å². The predicted molar refractivity (Wildman–Crippen MR) is 85.1 cm³/mol. The fourth-order valence-corrected chi connectivity index (χ4v) is 2.61. The average molecular weight is 274 g/mol. The Bertz CT molecular complexity index is 518. The normalized spacial score (nSPS) is 11.7. The van der Waals surface area contributed by atoms with Crippen LogP contribution in [0.1, 0.15) is 31.5 Å². The molecule has 2 aromatic rings. The lowest BCUT2D eigenvalue weighted by Crippen LogP contribution is -2.19. The number of hydrogen-bond donors (Lipinski definition) is 1. The number of ether oxygens (including phenoxy) is 1. The van der Waals surface area contributed by atoms with Crippen LogP contribution in [-0.4, -0.2) is 23.8 Å². The summed E-state index contributed by atoms with van der Waals surface area (Å²) in [5.41, 5.74) is 4.06. The van der Waals surface area contributed by atoms with Crippen LogP contribution in [-0.2, 0) is 18.3 Å². The van der Waals surface area contributed by atoms with Crippen LogP contribution in [0.3, 0.4) is 0 Å². The molecule has 110 valence electrons. The van der Waals surface area contributed by atoms with Gasteiger partial charge in [0.2, 0.25) is 0 Å². The second kappa shape index (κ2) is 6.91. The summed E-state index contributed by atoms with van der Waals surface area (Å²) in [6, 6.07) is 8.59. The number of aryl methyl sites for hydroxylation is 2. The highest BCUT2D eigenvalue weighted by molar-refractivity contribution is 5.85. The largest absolute Gasteiger partial charge is 0.379 e. The molecular weight excluding hydrogens is 248 g/mol. The molecule has 1 aromatic heterocycles. The van der Waals surface area contributed by atoms with E-state index in [9.17, 15) is 0 Å². The molecule has 0 saturated carbocycles. The lowest BCUT2D eigenvalue weighted by Gasteiger charge is -2.09. The Morgan fingerprint density at radius 3 is 2.70 bits per heavy atom. The minimum Gasteiger partial charge on any atom is -0.379 e. The van der Waals surface area contributed by atoms with Crippen molar-refractivity contribution in [2.24, 2.45) is 7.05 Å². The van der Waals surface area contributed by atoms with Gasteiger partial charge in [-0.2, -0.15) is 0 Å². The third kappa shape index (κ3) is 3.41. The number of hydrogen-bond acceptors (Lipinski definition) is 2. The van der Waals surface area contributed by atoms with Crippen LogP contribution in [0.25, 0.3) is 10.9 Å². The van der Waals surface area contributed by atoms with E-state index in [0.717, 1.165) is 26.1 Å². The smallest absolute Gasteiger partial charge is 0.0518 e. The Labute approximate surface area is 121 Å². The molecule has 1 heterocycles. The molecule has 1 N–H and O–H groups in total. The van der Waals surface area contributed by atoms with Crippen molar-refractivity contribution in [3.05, 3.63) is 35.5 Å². The van der Waals surface area contributed by atoms with E-state index in [1.807, 2.05) is 0 Å². The van der Waals surface area contributed by atoms with Crippen molar-refractivity contribution in [1.29, 1.82) is 0 Å². The molecule has 0 saturated heterocycles. The van der Waals surface area contributed by atoms with Crippen molar-refractivity contribution < 1.29 is 4.74 Å². The van der Waals surface area contributed by atoms with Gasteiger partial charge in [-0.3, -0.25) is 0 Å². The Morgan fingerprint density at radius 1 is 1.25 bits per heavy atom. The van der Waals surface area contributed by atoms with Gasteiger partial charge in [0.15, 0.2) is 0 Å². The number of fused-ring (bicyclic) bond motifs is 1. The SMILES string of the molecule is Cc1c(CNCCCOC(C)C)n(C)c2ccccc12. The maximum Gasteiger partial charge on any atom is 0.0518 e. The minimum atomic E-state index is 0.329. The van der Waals surface area contributed by atoms with Gasteiger partial charge in [-0.1, -0.05) is 18.2 Å². The summed E-state index contributed by atoms with van der Waals surface area (Å²) in [4.78, 5) is 0. The van der Waals surface area contributed by atoms with Crippen molar-refractivity contribution in [2.75, 3.05) is 13.2 Å². The fraction of sp³-hybridized carbons (Fsp3) is 0.529. The summed E-state index contributed by atoms with van der Waals surface area (Å²) in [5.74, 6) is 0. The standard InChI is InChI=1S/C17H26N2O/c1-13(2)20-11-7-10-18-12-17-14(3)15-8-5-6-9-16(15)19(17)4/h5-6,8-9,13,18H,7,10-12H2,1-4H3. The first-order valence-corrected chi connectivity index (χ1v) is 7.46. The zero-order valence-electron chi connectivity index (χ0n) is 13.1. The molecule has 0 aliphatic carbocycles. The van der Waals surface area contributed by atoms with E-state index in [1.54, 1.807) is 0 Å².